The third kappa shape index (κ3) is 12.2. The largest absolute Gasteiger partial charge is 0.573 e. The summed E-state index contributed by atoms with van der Waals surface area (Å²) in [7, 11) is -2.99. The van der Waals surface area contributed by atoms with Gasteiger partial charge >= 0.3 is 20.8 Å². The van der Waals surface area contributed by atoms with Gasteiger partial charge in [0.15, 0.2) is 0 Å². The molecule has 13 heteroatoms. The van der Waals surface area contributed by atoms with E-state index in [1.54, 1.807) is 18.2 Å². The highest BCUT2D eigenvalue weighted by molar-refractivity contribution is 6.60. The molecule has 0 fully saturated rings. The van der Waals surface area contributed by atoms with Crippen LogP contribution in [0.4, 0.5) is 22.0 Å². The Bertz CT molecular complexity index is 1440. The van der Waals surface area contributed by atoms with Crippen molar-refractivity contribution in [1.29, 1.82) is 0 Å². The zero-order chi connectivity index (χ0) is 34.5. The van der Waals surface area contributed by atoms with Crippen molar-refractivity contribution in [2.45, 2.75) is 97.4 Å². The second-order valence-electron chi connectivity index (χ2n) is 11.1. The van der Waals surface area contributed by atoms with Crippen LogP contribution in [0, 0.1) is 0 Å². The first-order chi connectivity index (χ1) is 22.3. The molecule has 0 bridgehead atoms. The minimum atomic E-state index is -4.95. The molecule has 3 aromatic rings. The van der Waals surface area contributed by atoms with E-state index in [0.29, 0.717) is 49.0 Å². The number of unbranched alkanes of at least 4 members (excludes halogenated alkanes) is 2. The molecule has 0 aliphatic rings. The highest BCUT2D eigenvalue weighted by Gasteiger charge is 2.41. The first-order valence-corrected chi connectivity index (χ1v) is 18.2. The van der Waals surface area contributed by atoms with Crippen molar-refractivity contribution in [3.8, 4) is 22.6 Å². The summed E-state index contributed by atoms with van der Waals surface area (Å²) in [5.74, 6) is -3.09. The molecule has 47 heavy (non-hydrogen) atoms. The minimum Gasteiger partial charge on any atom is -0.493 e. The van der Waals surface area contributed by atoms with E-state index in [2.05, 4.69) is 4.74 Å². The van der Waals surface area contributed by atoms with Gasteiger partial charge in [0.1, 0.15) is 17.1 Å². The van der Waals surface area contributed by atoms with Crippen molar-refractivity contribution in [2.24, 2.45) is 0 Å². The summed E-state index contributed by atoms with van der Waals surface area (Å²) < 4.78 is 102. The van der Waals surface area contributed by atoms with Crippen molar-refractivity contribution >= 4 is 19.8 Å². The number of halogens is 5. The Morgan fingerprint density at radius 2 is 1.45 bits per heavy atom. The summed E-state index contributed by atoms with van der Waals surface area (Å²) in [5, 5.41) is 0.439. The first-order valence-electron chi connectivity index (χ1n) is 16.2. The van der Waals surface area contributed by atoms with Gasteiger partial charge in [0.25, 0.3) is 0 Å². The van der Waals surface area contributed by atoms with Crippen LogP contribution in [0.2, 0.25) is 6.04 Å². The molecule has 0 saturated heterocycles. The van der Waals surface area contributed by atoms with Crippen LogP contribution in [-0.2, 0) is 19.7 Å². The minimum absolute atomic E-state index is 0.00167. The van der Waals surface area contributed by atoms with Gasteiger partial charge in [-0.1, -0.05) is 31.9 Å². The van der Waals surface area contributed by atoms with Crippen LogP contribution in [0.15, 0.2) is 51.7 Å². The molecular formula is C34H45F5O7Si. The molecule has 7 nitrogen and oxygen atoms in total. The monoisotopic (exact) mass is 688 g/mol. The van der Waals surface area contributed by atoms with Crippen LogP contribution in [0.1, 0.15) is 78.2 Å². The summed E-state index contributed by atoms with van der Waals surface area (Å²) in [5.41, 5.74) is -0.178. The van der Waals surface area contributed by atoms with Gasteiger partial charge in [-0.3, -0.25) is 0 Å². The van der Waals surface area contributed by atoms with Gasteiger partial charge < -0.3 is 27.2 Å². The lowest BCUT2D eigenvalue weighted by molar-refractivity contribution is -0.274. The second kappa shape index (κ2) is 18.0. The van der Waals surface area contributed by atoms with E-state index >= 15 is 0 Å². The molecule has 0 aliphatic carbocycles. The Balaban J connectivity index is 1.64. The van der Waals surface area contributed by atoms with Gasteiger partial charge in [0.05, 0.1) is 12.2 Å². The molecule has 0 atom stereocenters. The van der Waals surface area contributed by atoms with Crippen LogP contribution in [0.3, 0.4) is 0 Å². The fourth-order valence-electron chi connectivity index (χ4n) is 5.31. The molecule has 262 valence electrons. The molecule has 0 unspecified atom stereocenters. The van der Waals surface area contributed by atoms with E-state index < -0.39 is 32.5 Å². The molecule has 0 aliphatic heterocycles. The molecule has 0 N–H and O–H groups in total. The van der Waals surface area contributed by atoms with E-state index in [9.17, 15) is 26.7 Å². The van der Waals surface area contributed by atoms with Crippen LogP contribution >= 0.6 is 0 Å². The van der Waals surface area contributed by atoms with Gasteiger partial charge in [-0.25, -0.2) is 13.6 Å². The third-order valence-corrected chi connectivity index (χ3v) is 10.6. The number of hydrogen-bond acceptors (Lipinski definition) is 7. The number of benzene rings is 2. The summed E-state index contributed by atoms with van der Waals surface area (Å²) in [4.78, 5) is 12.9. The fourth-order valence-corrected chi connectivity index (χ4v) is 7.92. The predicted molar refractivity (Wildman–Crippen MR) is 172 cm³/mol. The maximum Gasteiger partial charge on any atom is 0.573 e. The van der Waals surface area contributed by atoms with E-state index in [1.165, 1.54) is 24.3 Å². The number of hydrogen-bond donors (Lipinski definition) is 0. The molecule has 0 amide bonds. The van der Waals surface area contributed by atoms with Gasteiger partial charge in [-0.2, -0.15) is 0 Å². The highest BCUT2D eigenvalue weighted by Crippen LogP contribution is 2.36. The molecule has 2 aromatic carbocycles. The Morgan fingerprint density at radius 1 is 0.766 bits per heavy atom. The second-order valence-corrected chi connectivity index (χ2v) is 13.9. The van der Waals surface area contributed by atoms with Gasteiger partial charge in [-0.05, 0) is 76.3 Å². The Labute approximate surface area is 273 Å². The SMILES string of the molecule is CCCCCc1ccc(-c2cc3ccc(OCCCC(F)(F)CCC[Si](OCC)(OCC)OCC)cc3oc2=O)c(OC(F)(F)F)c1. The normalized spacial score (nSPS) is 12.5. The van der Waals surface area contributed by atoms with Crippen molar-refractivity contribution in [1.82, 2.24) is 0 Å². The lowest BCUT2D eigenvalue weighted by Gasteiger charge is -2.29. The van der Waals surface area contributed by atoms with Gasteiger partial charge in [-0.15, -0.1) is 13.2 Å². The topological polar surface area (TPSA) is 76.4 Å². The molecule has 1 aromatic heterocycles. The standard InChI is InChI=1S/C34H45F5O7Si/c1-5-9-10-13-25-14-17-28(31(22-25)46-34(37,38)39)29-23-26-15-16-27(24-30(26)45-32(29)40)41-20-11-18-33(35,36)19-12-21-47(42-6-2,43-7-3)44-8-4/h14-17,22-24H,5-13,18-21H2,1-4H3. The first kappa shape index (κ1) is 38.4. The van der Waals surface area contributed by atoms with Crippen LogP contribution < -0.4 is 15.1 Å². The molecule has 0 radical (unpaired) electrons. The van der Waals surface area contributed by atoms with E-state index in [-0.39, 0.29) is 49.0 Å². The highest BCUT2D eigenvalue weighted by atomic mass is 28.4. The van der Waals surface area contributed by atoms with E-state index in [1.807, 2.05) is 27.7 Å². The molecular weight excluding hydrogens is 643 g/mol. The number of alkyl halides is 5. The fraction of sp³-hybridized carbons (Fsp3) is 0.559. The quantitative estimate of drug-likeness (QED) is 0.0477. The lowest BCUT2D eigenvalue weighted by atomic mass is 10.00. The zero-order valence-corrected chi connectivity index (χ0v) is 28.5. The van der Waals surface area contributed by atoms with Crippen molar-refractivity contribution in [3.63, 3.8) is 0 Å². The molecule has 0 spiro atoms. The number of aryl methyl sites for hydroxylation is 1. The Morgan fingerprint density at radius 3 is 2.09 bits per heavy atom. The average molecular weight is 689 g/mol. The molecule has 0 saturated carbocycles. The maximum absolute atomic E-state index is 14.6. The predicted octanol–water partition coefficient (Wildman–Crippen LogP) is 9.71. The molecule has 3 rings (SSSR count). The van der Waals surface area contributed by atoms with Crippen molar-refractivity contribution in [2.75, 3.05) is 26.4 Å². The summed E-state index contributed by atoms with van der Waals surface area (Å²) in [6.07, 6.45) is -2.11. The van der Waals surface area contributed by atoms with E-state index in [4.69, 9.17) is 22.4 Å². The summed E-state index contributed by atoms with van der Waals surface area (Å²) in [6, 6.07) is 10.8. The van der Waals surface area contributed by atoms with E-state index in [0.717, 1.165) is 19.3 Å². The number of ether oxygens (including phenoxy) is 2. The smallest absolute Gasteiger partial charge is 0.493 e. The van der Waals surface area contributed by atoms with Gasteiger partial charge in [0.2, 0.25) is 5.92 Å². The number of fused-ring (bicyclic) bond motifs is 1. The Kier molecular flexibility index (Phi) is 14.7. The maximum atomic E-state index is 14.6. The summed E-state index contributed by atoms with van der Waals surface area (Å²) in [6.45, 7) is 8.62. The van der Waals surface area contributed by atoms with Crippen LogP contribution in [0.25, 0.3) is 22.1 Å². The third-order valence-electron chi connectivity index (χ3n) is 7.41. The summed E-state index contributed by atoms with van der Waals surface area (Å²) >= 11 is 0. The van der Waals surface area contributed by atoms with Crippen LogP contribution in [0.5, 0.6) is 11.5 Å². The Hall–Kier alpha value is -3.00. The zero-order valence-electron chi connectivity index (χ0n) is 27.5. The number of rotatable bonds is 21. The van der Waals surface area contributed by atoms with Gasteiger partial charge in [0, 0.05) is 55.7 Å². The molecule has 1 heterocycles. The average Bonchev–Trinajstić information content (AvgIpc) is 2.99. The van der Waals surface area contributed by atoms with Crippen molar-refractivity contribution in [3.05, 3.63) is 58.4 Å². The van der Waals surface area contributed by atoms with Crippen LogP contribution in [-0.4, -0.2) is 47.5 Å². The van der Waals surface area contributed by atoms with Crippen molar-refractivity contribution < 1.29 is 49.1 Å². The lowest BCUT2D eigenvalue weighted by Crippen LogP contribution is -2.46.